The Morgan fingerprint density at radius 3 is 2.38 bits per heavy atom. The Morgan fingerprint density at radius 1 is 1.03 bits per heavy atom. The molecule has 0 amide bonds. The maximum Gasteiger partial charge on any atom is 0.339 e. The molecule has 9 nitrogen and oxygen atoms in total. The summed E-state index contributed by atoms with van der Waals surface area (Å²) in [5.74, 6) is -1.66. The predicted molar refractivity (Wildman–Crippen MR) is 99.0 cm³/mol. The van der Waals surface area contributed by atoms with Crippen LogP contribution in [0.1, 0.15) is 21.5 Å². The van der Waals surface area contributed by atoms with Gasteiger partial charge in [0.25, 0.3) is 0 Å². The maximum atomic E-state index is 11.6. The van der Waals surface area contributed by atoms with E-state index in [9.17, 15) is 35.4 Å². The van der Waals surface area contributed by atoms with Crippen molar-refractivity contribution in [2.24, 2.45) is 0 Å². The number of rotatable bonds is 6. The lowest BCUT2D eigenvalue weighted by molar-refractivity contribution is -0.242. The van der Waals surface area contributed by atoms with E-state index in [1.807, 2.05) is 0 Å². The van der Waals surface area contributed by atoms with E-state index in [-0.39, 0.29) is 30.1 Å². The highest BCUT2D eigenvalue weighted by Gasteiger charge is 2.39. The van der Waals surface area contributed by atoms with Crippen molar-refractivity contribution in [3.8, 4) is 17.2 Å². The summed E-state index contributed by atoms with van der Waals surface area (Å²) >= 11 is 0. The average molecular weight is 406 g/mol. The summed E-state index contributed by atoms with van der Waals surface area (Å²) in [6.45, 7) is -0.254. The first-order valence-electron chi connectivity index (χ1n) is 8.96. The molecule has 1 fully saturated rings. The minimum Gasteiger partial charge on any atom is -0.508 e. The van der Waals surface area contributed by atoms with E-state index in [2.05, 4.69) is 0 Å². The highest BCUT2D eigenvalue weighted by Crippen LogP contribution is 2.31. The number of aryl methyl sites for hydroxylation is 2. The second-order valence-corrected chi connectivity index (χ2v) is 6.82. The van der Waals surface area contributed by atoms with Gasteiger partial charge in [0.05, 0.1) is 6.61 Å². The first-order valence-corrected chi connectivity index (χ1v) is 8.96. The van der Waals surface area contributed by atoms with Crippen LogP contribution in [0.5, 0.6) is 17.2 Å². The van der Waals surface area contributed by atoms with Crippen molar-refractivity contribution >= 4 is 5.97 Å². The summed E-state index contributed by atoms with van der Waals surface area (Å²) < 4.78 is 10.7. The normalized spacial score (nSPS) is 24.2. The Morgan fingerprint density at radius 2 is 1.72 bits per heavy atom. The van der Waals surface area contributed by atoms with Crippen LogP contribution >= 0.6 is 0 Å². The quantitative estimate of drug-likeness (QED) is 0.399. The Kier molecular flexibility index (Phi) is 6.23. The third-order valence-corrected chi connectivity index (χ3v) is 4.71. The van der Waals surface area contributed by atoms with Gasteiger partial charge in [0.1, 0.15) is 41.1 Å². The van der Waals surface area contributed by atoms with Crippen LogP contribution in [0.2, 0.25) is 0 Å². The number of aliphatic hydroxyl groups is 3. The Labute approximate surface area is 166 Å². The summed E-state index contributed by atoms with van der Waals surface area (Å²) in [5.41, 5.74) is 0.885. The van der Waals surface area contributed by atoms with E-state index in [4.69, 9.17) is 9.47 Å². The molecule has 4 atom stereocenters. The smallest absolute Gasteiger partial charge is 0.339 e. The molecule has 3 rings (SSSR count). The summed E-state index contributed by atoms with van der Waals surface area (Å²) in [5, 5.41) is 58.2. The zero-order valence-corrected chi connectivity index (χ0v) is 15.3. The molecule has 4 unspecified atom stereocenters. The van der Waals surface area contributed by atoms with Crippen molar-refractivity contribution in [2.75, 3.05) is 6.61 Å². The molecule has 6 N–H and O–H groups in total. The third kappa shape index (κ3) is 4.77. The summed E-state index contributed by atoms with van der Waals surface area (Å²) in [4.78, 5) is 11.6. The van der Waals surface area contributed by atoms with Gasteiger partial charge in [0.2, 0.25) is 6.29 Å². The van der Waals surface area contributed by atoms with Crippen molar-refractivity contribution in [2.45, 2.75) is 37.4 Å². The summed E-state index contributed by atoms with van der Waals surface area (Å²) in [7, 11) is 0. The molecule has 0 bridgehead atoms. The van der Waals surface area contributed by atoms with Gasteiger partial charge in [-0.3, -0.25) is 0 Å². The van der Waals surface area contributed by atoms with Crippen molar-refractivity contribution < 1.29 is 44.9 Å². The molecule has 9 heteroatoms. The number of hydrogen-bond donors (Lipinski definition) is 6. The fourth-order valence-corrected chi connectivity index (χ4v) is 3.13. The number of benzene rings is 2. The third-order valence-electron chi connectivity index (χ3n) is 4.71. The van der Waals surface area contributed by atoms with Crippen LogP contribution in [0.15, 0.2) is 36.4 Å². The van der Waals surface area contributed by atoms with Crippen LogP contribution < -0.4 is 4.74 Å². The van der Waals surface area contributed by atoms with E-state index < -0.39 is 36.3 Å². The second-order valence-electron chi connectivity index (χ2n) is 6.82. The number of carbonyl (C=O) groups is 1. The van der Waals surface area contributed by atoms with Crippen molar-refractivity contribution in [3.63, 3.8) is 0 Å². The minimum absolute atomic E-state index is 0.0424. The molecule has 0 spiro atoms. The molecule has 1 saturated heterocycles. The topological polar surface area (TPSA) is 157 Å². The van der Waals surface area contributed by atoms with E-state index in [0.29, 0.717) is 12.0 Å². The first-order chi connectivity index (χ1) is 13.8. The monoisotopic (exact) mass is 406 g/mol. The van der Waals surface area contributed by atoms with E-state index in [0.717, 1.165) is 11.6 Å². The molecule has 29 heavy (non-hydrogen) atoms. The van der Waals surface area contributed by atoms with Gasteiger partial charge in [0, 0.05) is 6.07 Å². The van der Waals surface area contributed by atoms with Crippen LogP contribution in [0.25, 0.3) is 0 Å². The summed E-state index contributed by atoms with van der Waals surface area (Å²) in [6, 6.07) is 8.94. The Balaban J connectivity index is 1.82. The number of phenolic OH excluding ortho intramolecular Hbond substituents is 1. The SMILES string of the molecule is O=C(O)c1c(O)cc(OC2OCC(O)C(O)C2O)cc1CCc1ccc(O)cc1. The fraction of sp³-hybridized carbons (Fsp3) is 0.350. The molecular formula is C20H22O9. The number of hydrogen-bond acceptors (Lipinski definition) is 8. The minimum atomic E-state index is -1.53. The zero-order chi connectivity index (χ0) is 21.1. The number of carboxylic acid groups (broad SMARTS) is 1. The van der Waals surface area contributed by atoms with E-state index in [1.54, 1.807) is 12.1 Å². The molecule has 156 valence electrons. The molecule has 1 aliphatic heterocycles. The van der Waals surface area contributed by atoms with Gasteiger partial charge in [-0.25, -0.2) is 4.79 Å². The van der Waals surface area contributed by atoms with Gasteiger partial charge in [0.15, 0.2) is 0 Å². The maximum absolute atomic E-state index is 11.6. The number of phenols is 2. The molecular weight excluding hydrogens is 384 g/mol. The Hall–Kier alpha value is -2.85. The van der Waals surface area contributed by atoms with Crippen molar-refractivity contribution in [3.05, 3.63) is 53.1 Å². The largest absolute Gasteiger partial charge is 0.508 e. The standard InChI is InChI=1S/C20H22O9/c21-12-5-2-10(3-6-12)1-4-11-7-13(8-14(22)16(11)19(26)27)29-20-18(25)17(24)15(23)9-28-20/h2-3,5-8,15,17-18,20-25H,1,4,9H2,(H,26,27). The highest BCUT2D eigenvalue weighted by molar-refractivity contribution is 5.93. The van der Waals surface area contributed by atoms with Gasteiger partial charge in [-0.1, -0.05) is 12.1 Å². The van der Waals surface area contributed by atoms with E-state index >= 15 is 0 Å². The van der Waals surface area contributed by atoms with E-state index in [1.165, 1.54) is 18.2 Å². The lowest BCUT2D eigenvalue weighted by atomic mass is 9.98. The molecule has 0 radical (unpaired) electrons. The zero-order valence-electron chi connectivity index (χ0n) is 15.3. The molecule has 0 aliphatic carbocycles. The molecule has 2 aromatic rings. The van der Waals surface area contributed by atoms with Crippen LogP contribution in [-0.2, 0) is 17.6 Å². The van der Waals surface area contributed by atoms with Gasteiger partial charge in [-0.15, -0.1) is 0 Å². The number of carboxylic acids is 1. The predicted octanol–water partition coefficient (Wildman–Crippen LogP) is 0.399. The molecule has 0 saturated carbocycles. The second kappa shape index (κ2) is 8.66. The molecule has 1 aliphatic rings. The van der Waals surface area contributed by atoms with Crippen LogP contribution in [0.4, 0.5) is 0 Å². The number of aromatic hydroxyl groups is 2. The molecule has 1 heterocycles. The van der Waals surface area contributed by atoms with Gasteiger partial charge < -0.3 is 40.1 Å². The lowest BCUT2D eigenvalue weighted by Gasteiger charge is -2.35. The van der Waals surface area contributed by atoms with Crippen LogP contribution in [-0.4, -0.2) is 67.8 Å². The first kappa shape index (κ1) is 20.9. The fourth-order valence-electron chi connectivity index (χ4n) is 3.13. The van der Waals surface area contributed by atoms with Crippen molar-refractivity contribution in [1.29, 1.82) is 0 Å². The van der Waals surface area contributed by atoms with Crippen molar-refractivity contribution in [1.82, 2.24) is 0 Å². The van der Waals surface area contributed by atoms with Gasteiger partial charge >= 0.3 is 5.97 Å². The Bertz CT molecular complexity index is 865. The highest BCUT2D eigenvalue weighted by atomic mass is 16.7. The average Bonchev–Trinajstić information content (AvgIpc) is 2.67. The molecule has 0 aromatic heterocycles. The van der Waals surface area contributed by atoms with Gasteiger partial charge in [-0.2, -0.15) is 0 Å². The number of aliphatic hydroxyl groups excluding tert-OH is 3. The summed E-state index contributed by atoms with van der Waals surface area (Å²) in [6.07, 6.45) is -4.85. The molecule has 2 aromatic carbocycles. The number of aromatic carboxylic acids is 1. The van der Waals surface area contributed by atoms with Gasteiger partial charge in [-0.05, 0) is 42.2 Å². The number of ether oxygens (including phenoxy) is 2. The van der Waals surface area contributed by atoms with Crippen LogP contribution in [0.3, 0.4) is 0 Å². The van der Waals surface area contributed by atoms with Crippen LogP contribution in [0, 0.1) is 0 Å². The lowest BCUT2D eigenvalue weighted by Crippen LogP contribution is -2.54.